The second kappa shape index (κ2) is 12.2. The lowest BCUT2D eigenvalue weighted by atomic mass is 10.1. The lowest BCUT2D eigenvalue weighted by molar-refractivity contribution is -0.139. The van der Waals surface area contributed by atoms with Crippen LogP contribution < -0.4 is 9.62 Å². The smallest absolute Gasteiger partial charge is 0.264 e. The Labute approximate surface area is 224 Å². The van der Waals surface area contributed by atoms with Gasteiger partial charge in [-0.25, -0.2) is 12.8 Å². The van der Waals surface area contributed by atoms with E-state index in [2.05, 4.69) is 5.32 Å². The molecular weight excluding hydrogens is 505 g/mol. The number of amides is 2. The number of benzene rings is 3. The van der Waals surface area contributed by atoms with Gasteiger partial charge in [0, 0.05) is 12.1 Å². The van der Waals surface area contributed by atoms with Crippen molar-refractivity contribution < 1.29 is 22.4 Å². The first-order chi connectivity index (χ1) is 17.9. The van der Waals surface area contributed by atoms with Crippen LogP contribution in [0.25, 0.3) is 0 Å². The van der Waals surface area contributed by atoms with Crippen LogP contribution in [0.15, 0.2) is 89.8 Å². The summed E-state index contributed by atoms with van der Waals surface area (Å²) >= 11 is 0. The monoisotopic (exact) mass is 539 g/mol. The molecule has 0 saturated heterocycles. The third kappa shape index (κ3) is 7.64. The Bertz CT molecular complexity index is 1330. The predicted molar refractivity (Wildman–Crippen MR) is 147 cm³/mol. The van der Waals surface area contributed by atoms with Gasteiger partial charge < -0.3 is 10.2 Å². The summed E-state index contributed by atoms with van der Waals surface area (Å²) in [5.74, 6) is -1.45. The molecule has 0 spiro atoms. The van der Waals surface area contributed by atoms with Crippen LogP contribution in [0.2, 0.25) is 0 Å². The van der Waals surface area contributed by atoms with Crippen molar-refractivity contribution >= 4 is 27.5 Å². The van der Waals surface area contributed by atoms with Crippen LogP contribution in [0.4, 0.5) is 10.1 Å². The Morgan fingerprint density at radius 1 is 0.895 bits per heavy atom. The standard InChI is InChI=1S/C29H34FN3O4S/c1-22(28(35)31-29(2,3)4)32(20-19-23-11-7-5-8-12-23)27(34)21-33(25-13-9-6-10-14-25)38(36,37)26-17-15-24(30)16-18-26/h5-18,22H,19-21H2,1-4H3,(H,31,35). The van der Waals surface area contributed by atoms with Gasteiger partial charge in [0.05, 0.1) is 10.6 Å². The second-order valence-electron chi connectivity index (χ2n) is 10.0. The van der Waals surface area contributed by atoms with Crippen LogP contribution in [-0.2, 0) is 26.0 Å². The molecule has 38 heavy (non-hydrogen) atoms. The molecule has 9 heteroatoms. The fraction of sp³-hybridized carbons (Fsp3) is 0.310. The first-order valence-corrected chi connectivity index (χ1v) is 13.8. The number of rotatable bonds is 10. The van der Waals surface area contributed by atoms with Crippen molar-refractivity contribution in [2.45, 2.75) is 50.6 Å². The van der Waals surface area contributed by atoms with Gasteiger partial charge in [0.15, 0.2) is 0 Å². The summed E-state index contributed by atoms with van der Waals surface area (Å²) in [5, 5.41) is 2.90. The van der Waals surface area contributed by atoms with Gasteiger partial charge in [-0.2, -0.15) is 0 Å². The number of nitrogens with one attached hydrogen (secondary N) is 1. The highest BCUT2D eigenvalue weighted by Gasteiger charge is 2.33. The zero-order chi connectivity index (χ0) is 27.9. The van der Waals surface area contributed by atoms with E-state index in [4.69, 9.17) is 0 Å². The Balaban J connectivity index is 1.95. The third-order valence-corrected chi connectivity index (χ3v) is 7.66. The summed E-state index contributed by atoms with van der Waals surface area (Å²) in [6.45, 7) is 6.85. The van der Waals surface area contributed by atoms with E-state index in [0.717, 1.165) is 34.1 Å². The van der Waals surface area contributed by atoms with Crippen molar-refractivity contribution in [3.8, 4) is 0 Å². The van der Waals surface area contributed by atoms with E-state index in [1.54, 1.807) is 37.3 Å². The summed E-state index contributed by atoms with van der Waals surface area (Å²) in [7, 11) is -4.22. The van der Waals surface area contributed by atoms with Crippen molar-refractivity contribution in [1.29, 1.82) is 0 Å². The zero-order valence-corrected chi connectivity index (χ0v) is 22.9. The molecule has 202 valence electrons. The topological polar surface area (TPSA) is 86.8 Å². The maximum absolute atomic E-state index is 13.8. The summed E-state index contributed by atoms with van der Waals surface area (Å²) in [6.07, 6.45) is 0.482. The molecule has 2 amide bonds. The Morgan fingerprint density at radius 2 is 1.45 bits per heavy atom. The minimum atomic E-state index is -4.22. The van der Waals surface area contributed by atoms with Crippen molar-refractivity contribution in [1.82, 2.24) is 10.2 Å². The highest BCUT2D eigenvalue weighted by Crippen LogP contribution is 2.24. The van der Waals surface area contributed by atoms with E-state index in [1.807, 2.05) is 51.1 Å². The molecule has 7 nitrogen and oxygen atoms in total. The molecule has 1 atom stereocenters. The highest BCUT2D eigenvalue weighted by atomic mass is 32.2. The quantitative estimate of drug-likeness (QED) is 0.414. The van der Waals surface area contributed by atoms with Gasteiger partial charge in [-0.1, -0.05) is 48.5 Å². The molecule has 0 aliphatic heterocycles. The SMILES string of the molecule is CC(C(=O)NC(C)(C)C)N(CCc1ccccc1)C(=O)CN(c1ccccc1)S(=O)(=O)c1ccc(F)cc1. The molecule has 0 aromatic heterocycles. The molecule has 0 radical (unpaired) electrons. The van der Waals surface area contributed by atoms with E-state index < -0.39 is 39.9 Å². The van der Waals surface area contributed by atoms with Gasteiger partial charge in [0.25, 0.3) is 10.0 Å². The van der Waals surface area contributed by atoms with E-state index in [-0.39, 0.29) is 23.0 Å². The van der Waals surface area contributed by atoms with E-state index >= 15 is 0 Å². The molecule has 1 N–H and O–H groups in total. The van der Waals surface area contributed by atoms with E-state index in [1.165, 1.54) is 4.90 Å². The molecule has 0 aliphatic rings. The summed E-state index contributed by atoms with van der Waals surface area (Å²) in [6, 6.07) is 21.4. The number of sulfonamides is 1. The van der Waals surface area contributed by atoms with E-state index in [0.29, 0.717) is 6.42 Å². The van der Waals surface area contributed by atoms with Gasteiger partial charge in [0.2, 0.25) is 11.8 Å². The van der Waals surface area contributed by atoms with E-state index in [9.17, 15) is 22.4 Å². The first-order valence-electron chi connectivity index (χ1n) is 12.4. The van der Waals surface area contributed by atoms with Gasteiger partial charge >= 0.3 is 0 Å². The van der Waals surface area contributed by atoms with Crippen LogP contribution in [0.5, 0.6) is 0 Å². The molecule has 0 saturated carbocycles. The number of para-hydroxylation sites is 1. The lowest BCUT2D eigenvalue weighted by Gasteiger charge is -2.33. The van der Waals surface area contributed by atoms with Crippen LogP contribution in [-0.4, -0.2) is 49.8 Å². The fourth-order valence-electron chi connectivity index (χ4n) is 3.90. The van der Waals surface area contributed by atoms with Crippen LogP contribution in [0, 0.1) is 5.82 Å². The maximum atomic E-state index is 13.8. The van der Waals surface area contributed by atoms with Crippen molar-refractivity contribution in [3.63, 3.8) is 0 Å². The molecule has 3 rings (SSSR count). The van der Waals surface area contributed by atoms with Gasteiger partial charge in [-0.05, 0) is 76.1 Å². The lowest BCUT2D eigenvalue weighted by Crippen LogP contribution is -2.55. The van der Waals surface area contributed by atoms with Crippen molar-refractivity contribution in [2.24, 2.45) is 0 Å². The first kappa shape index (κ1) is 28.8. The third-order valence-electron chi connectivity index (χ3n) is 5.87. The number of halogens is 1. The zero-order valence-electron chi connectivity index (χ0n) is 22.1. The minimum Gasteiger partial charge on any atom is -0.350 e. The van der Waals surface area contributed by atoms with Gasteiger partial charge in [-0.15, -0.1) is 0 Å². The summed E-state index contributed by atoms with van der Waals surface area (Å²) in [5.41, 5.74) is 0.745. The summed E-state index contributed by atoms with van der Waals surface area (Å²) < 4.78 is 41.8. The Kier molecular flexibility index (Phi) is 9.27. The molecular formula is C29H34FN3O4S. The number of hydrogen-bond donors (Lipinski definition) is 1. The molecule has 0 fully saturated rings. The van der Waals surface area contributed by atoms with Gasteiger partial charge in [0.1, 0.15) is 18.4 Å². The number of hydrogen-bond acceptors (Lipinski definition) is 4. The Morgan fingerprint density at radius 3 is 2.00 bits per heavy atom. The highest BCUT2D eigenvalue weighted by molar-refractivity contribution is 7.92. The summed E-state index contributed by atoms with van der Waals surface area (Å²) in [4.78, 5) is 28.1. The maximum Gasteiger partial charge on any atom is 0.264 e. The fourth-order valence-corrected chi connectivity index (χ4v) is 5.32. The predicted octanol–water partition coefficient (Wildman–Crippen LogP) is 4.40. The largest absolute Gasteiger partial charge is 0.350 e. The molecule has 3 aromatic carbocycles. The van der Waals surface area contributed by atoms with Crippen LogP contribution in [0.1, 0.15) is 33.3 Å². The number of carbonyl (C=O) groups excluding carboxylic acids is 2. The molecule has 0 heterocycles. The average molecular weight is 540 g/mol. The molecule has 0 aliphatic carbocycles. The van der Waals surface area contributed by atoms with Crippen molar-refractivity contribution in [2.75, 3.05) is 17.4 Å². The minimum absolute atomic E-state index is 0.148. The number of carbonyl (C=O) groups is 2. The van der Waals surface area contributed by atoms with Crippen molar-refractivity contribution in [3.05, 3.63) is 96.3 Å². The average Bonchev–Trinajstić information content (AvgIpc) is 2.87. The molecule has 3 aromatic rings. The Hall–Kier alpha value is -3.72. The molecule has 1 unspecified atom stereocenters. The number of nitrogens with zero attached hydrogens (tertiary/aromatic N) is 2. The van der Waals surface area contributed by atoms with Crippen LogP contribution >= 0.6 is 0 Å². The normalized spacial score (nSPS) is 12.4. The second-order valence-corrected chi connectivity index (χ2v) is 11.9. The number of anilines is 1. The van der Waals surface area contributed by atoms with Crippen LogP contribution in [0.3, 0.4) is 0 Å². The van der Waals surface area contributed by atoms with Gasteiger partial charge in [-0.3, -0.25) is 13.9 Å². The molecule has 0 bridgehead atoms.